The van der Waals surface area contributed by atoms with E-state index in [1.165, 1.54) is 4.90 Å². The van der Waals surface area contributed by atoms with Gasteiger partial charge in [0.15, 0.2) is 0 Å². The number of nitrogens with two attached hydrogens (primary N) is 2. The Balaban J connectivity index is 2.22. The lowest BCUT2D eigenvalue weighted by atomic mass is 10.1. The molecule has 0 saturated carbocycles. The molecule has 0 atom stereocenters. The minimum absolute atomic E-state index is 0.317. The van der Waals surface area contributed by atoms with Crippen LogP contribution < -0.4 is 20.8 Å². The molecule has 0 unspecified atom stereocenters. The van der Waals surface area contributed by atoms with E-state index < -0.39 is 6.03 Å². The fourth-order valence-electron chi connectivity index (χ4n) is 2.19. The zero-order valence-electron chi connectivity index (χ0n) is 12.7. The number of aryl methyl sites for hydroxylation is 1. The first kappa shape index (κ1) is 15.6. The number of rotatable bonds is 4. The Morgan fingerprint density at radius 3 is 2.36 bits per heavy atom. The number of amides is 2. The van der Waals surface area contributed by atoms with E-state index in [2.05, 4.69) is 6.92 Å². The number of urea groups is 1. The molecule has 0 spiro atoms. The van der Waals surface area contributed by atoms with Crippen LogP contribution in [0.4, 0.5) is 10.5 Å². The first-order valence-corrected chi connectivity index (χ1v) is 7.07. The lowest BCUT2D eigenvalue weighted by molar-refractivity contribution is -0.115. The van der Waals surface area contributed by atoms with Crippen LogP contribution in [-0.4, -0.2) is 11.9 Å². The predicted octanol–water partition coefficient (Wildman–Crippen LogP) is 2.10. The van der Waals surface area contributed by atoms with Crippen molar-refractivity contribution in [2.24, 2.45) is 5.73 Å². The van der Waals surface area contributed by atoms with Gasteiger partial charge < -0.3 is 10.5 Å². The molecule has 114 valence electrons. The van der Waals surface area contributed by atoms with Crippen LogP contribution in [0, 0.1) is 0 Å². The Labute approximate surface area is 129 Å². The van der Waals surface area contributed by atoms with Gasteiger partial charge in [-0.25, -0.2) is 4.79 Å². The third-order valence-electron chi connectivity index (χ3n) is 3.25. The second-order valence-electron chi connectivity index (χ2n) is 4.87. The van der Waals surface area contributed by atoms with Gasteiger partial charge in [-0.3, -0.25) is 5.41 Å². The molecule has 4 N–H and O–H groups in total. The molecular weight excluding hydrogens is 278 g/mol. The standard InChI is InChI=1S/C17H19N3O2/c1-3-13-6-4-5-7-16(13)22-15-10-8-14(9-11-15)20(12(2)18)17(19)21/h4-11,18H,3H2,1-2H3,(H2,19,21)/p+1. The average molecular weight is 298 g/mol. The molecule has 0 bridgehead atoms. The van der Waals surface area contributed by atoms with Crippen molar-refractivity contribution in [3.63, 3.8) is 0 Å². The summed E-state index contributed by atoms with van der Waals surface area (Å²) in [6.45, 7) is 3.70. The molecule has 0 aliphatic heterocycles. The minimum atomic E-state index is -0.620. The molecule has 0 aliphatic rings. The first-order chi connectivity index (χ1) is 10.5. The van der Waals surface area contributed by atoms with E-state index in [4.69, 9.17) is 15.9 Å². The number of anilines is 1. The third kappa shape index (κ3) is 3.44. The van der Waals surface area contributed by atoms with Crippen LogP contribution in [0.3, 0.4) is 0 Å². The molecule has 5 nitrogen and oxygen atoms in total. The Morgan fingerprint density at radius 1 is 1.18 bits per heavy atom. The number of primary amides is 1. The fourth-order valence-corrected chi connectivity index (χ4v) is 2.19. The molecule has 2 aromatic rings. The molecule has 22 heavy (non-hydrogen) atoms. The Bertz CT molecular complexity index is 667. The van der Waals surface area contributed by atoms with Crippen LogP contribution in [-0.2, 0) is 6.42 Å². The summed E-state index contributed by atoms with van der Waals surface area (Å²) in [4.78, 5) is 12.7. The Hall–Kier alpha value is -2.82. The number of para-hydroxylation sites is 1. The van der Waals surface area contributed by atoms with Crippen molar-refractivity contribution < 1.29 is 14.9 Å². The first-order valence-electron chi connectivity index (χ1n) is 7.07. The van der Waals surface area contributed by atoms with Crippen molar-refractivity contribution >= 4 is 17.6 Å². The highest BCUT2D eigenvalue weighted by Gasteiger charge is 2.22. The molecule has 2 amide bonds. The Morgan fingerprint density at radius 2 is 1.82 bits per heavy atom. The van der Waals surface area contributed by atoms with E-state index in [9.17, 15) is 4.79 Å². The van der Waals surface area contributed by atoms with Crippen molar-refractivity contribution in [1.82, 2.24) is 0 Å². The topological polar surface area (TPSA) is 81.2 Å². The summed E-state index contributed by atoms with van der Waals surface area (Å²) in [5, 5.41) is 5.68. The van der Waals surface area contributed by atoms with Crippen LogP contribution in [0.25, 0.3) is 0 Å². The summed E-state index contributed by atoms with van der Waals surface area (Å²) in [6, 6.07) is 14.3. The fraction of sp³-hybridized carbons (Fsp3) is 0.176. The van der Waals surface area contributed by atoms with Crippen LogP contribution in [0.5, 0.6) is 11.5 Å². The van der Waals surface area contributed by atoms with Gasteiger partial charge in [-0.05, 0) is 42.3 Å². The second kappa shape index (κ2) is 6.76. The maximum absolute atomic E-state index is 11.4. The van der Waals surface area contributed by atoms with E-state index in [1.54, 1.807) is 31.2 Å². The molecule has 0 aliphatic carbocycles. The van der Waals surface area contributed by atoms with E-state index in [0.29, 0.717) is 17.3 Å². The highest BCUT2D eigenvalue weighted by molar-refractivity contribution is 6.12. The van der Waals surface area contributed by atoms with E-state index in [0.717, 1.165) is 17.7 Å². The van der Waals surface area contributed by atoms with Crippen molar-refractivity contribution in [2.75, 3.05) is 4.90 Å². The summed E-state index contributed by atoms with van der Waals surface area (Å²) >= 11 is 0. The number of ether oxygens (including phenoxy) is 1. The lowest BCUT2D eigenvalue weighted by Gasteiger charge is -2.12. The van der Waals surface area contributed by atoms with Gasteiger partial charge in [0.1, 0.15) is 17.2 Å². The molecule has 0 heterocycles. The number of benzene rings is 2. The summed E-state index contributed by atoms with van der Waals surface area (Å²) in [5.74, 6) is 1.83. The van der Waals surface area contributed by atoms with Crippen molar-refractivity contribution in [1.29, 1.82) is 0 Å². The summed E-state index contributed by atoms with van der Waals surface area (Å²) in [6.07, 6.45) is 0.894. The number of amidine groups is 1. The van der Waals surface area contributed by atoms with E-state index >= 15 is 0 Å². The second-order valence-corrected chi connectivity index (χ2v) is 4.87. The monoisotopic (exact) mass is 298 g/mol. The highest BCUT2D eigenvalue weighted by Crippen LogP contribution is 2.27. The Kier molecular flexibility index (Phi) is 4.78. The number of carbonyl (C=O) groups is 1. The largest absolute Gasteiger partial charge is 0.457 e. The summed E-state index contributed by atoms with van der Waals surface area (Å²) < 4.78 is 5.88. The maximum Gasteiger partial charge on any atom is 0.411 e. The van der Waals surface area contributed by atoms with Crippen LogP contribution in [0.15, 0.2) is 48.5 Å². The quantitative estimate of drug-likeness (QED) is 0.669. The molecule has 0 saturated heterocycles. The minimum Gasteiger partial charge on any atom is -0.457 e. The van der Waals surface area contributed by atoms with Crippen LogP contribution in [0.1, 0.15) is 19.4 Å². The number of carbonyl (C=O) groups excluding carboxylic acids is 1. The summed E-state index contributed by atoms with van der Waals surface area (Å²) in [7, 11) is 0. The molecule has 2 rings (SSSR count). The van der Waals surface area contributed by atoms with Crippen molar-refractivity contribution in [3.05, 3.63) is 54.1 Å². The van der Waals surface area contributed by atoms with Gasteiger partial charge in [-0.2, -0.15) is 0 Å². The number of nitrogens with zero attached hydrogens (tertiary/aromatic N) is 1. The van der Waals surface area contributed by atoms with E-state index in [-0.39, 0.29) is 0 Å². The van der Waals surface area contributed by atoms with Crippen molar-refractivity contribution in [3.8, 4) is 11.5 Å². The molecule has 0 fully saturated rings. The highest BCUT2D eigenvalue weighted by atomic mass is 16.5. The van der Waals surface area contributed by atoms with Gasteiger partial charge in [0.25, 0.3) is 5.84 Å². The van der Waals surface area contributed by atoms with Gasteiger partial charge in [0.2, 0.25) is 0 Å². The third-order valence-corrected chi connectivity index (χ3v) is 3.25. The molecule has 0 radical (unpaired) electrons. The van der Waals surface area contributed by atoms with Gasteiger partial charge in [0.05, 0.1) is 0 Å². The van der Waals surface area contributed by atoms with Gasteiger partial charge >= 0.3 is 6.03 Å². The zero-order valence-corrected chi connectivity index (χ0v) is 12.7. The van der Waals surface area contributed by atoms with Gasteiger partial charge in [0, 0.05) is 6.92 Å². The predicted molar refractivity (Wildman–Crippen MR) is 87.0 cm³/mol. The zero-order chi connectivity index (χ0) is 16.1. The molecule has 5 heteroatoms. The smallest absolute Gasteiger partial charge is 0.411 e. The number of hydrogen-bond acceptors (Lipinski definition) is 2. The normalized spacial score (nSPS) is 10.1. The summed E-state index contributed by atoms with van der Waals surface area (Å²) in [5.41, 5.74) is 7.06. The van der Waals surface area contributed by atoms with Crippen molar-refractivity contribution in [2.45, 2.75) is 20.3 Å². The van der Waals surface area contributed by atoms with Crippen LogP contribution >= 0.6 is 0 Å². The maximum atomic E-state index is 11.4. The SMILES string of the molecule is CCc1ccccc1Oc1ccc(N(C(C)=[NH2+])C(N)=O)cc1. The van der Waals surface area contributed by atoms with Gasteiger partial charge in [-0.15, -0.1) is 4.90 Å². The number of hydrogen-bond donors (Lipinski definition) is 2. The molecule has 0 aromatic heterocycles. The lowest BCUT2D eigenvalue weighted by Crippen LogP contribution is -2.53. The molecule has 2 aromatic carbocycles. The van der Waals surface area contributed by atoms with Gasteiger partial charge in [-0.1, -0.05) is 25.1 Å². The average Bonchev–Trinajstić information content (AvgIpc) is 2.49. The van der Waals surface area contributed by atoms with E-state index in [1.807, 2.05) is 24.3 Å². The molecular formula is C17H20N3O2+. The van der Waals surface area contributed by atoms with Crippen LogP contribution in [0.2, 0.25) is 0 Å².